The van der Waals surface area contributed by atoms with Crippen molar-refractivity contribution in [3.8, 4) is 22.8 Å². The number of pyridine rings is 1. The average Bonchev–Trinajstić information content (AvgIpc) is 2.78. The molecule has 144 valence electrons. The van der Waals surface area contributed by atoms with E-state index in [1.807, 2.05) is 78.9 Å². The van der Waals surface area contributed by atoms with Crippen LogP contribution < -0.4 is 14.8 Å². The smallest absolute Gasteiger partial charge is 0.256 e. The number of nitrogens with zero attached hydrogens (tertiary/aromatic N) is 1. The molecule has 0 unspecified atom stereocenters. The molecule has 0 radical (unpaired) electrons. The lowest BCUT2D eigenvalue weighted by Gasteiger charge is -2.13. The number of anilines is 1. The number of rotatable bonds is 5. The number of methoxy groups -OCH3 is 2. The van der Waals surface area contributed by atoms with E-state index in [0.717, 1.165) is 22.2 Å². The van der Waals surface area contributed by atoms with Crippen molar-refractivity contribution in [2.24, 2.45) is 0 Å². The van der Waals surface area contributed by atoms with E-state index < -0.39 is 0 Å². The minimum Gasteiger partial charge on any atom is -0.497 e. The molecule has 1 N–H and O–H groups in total. The van der Waals surface area contributed by atoms with Crippen molar-refractivity contribution in [3.63, 3.8) is 0 Å². The maximum Gasteiger partial charge on any atom is 0.256 e. The normalized spacial score (nSPS) is 10.6. The molecule has 0 aliphatic carbocycles. The Morgan fingerprint density at radius 3 is 2.48 bits per heavy atom. The highest BCUT2D eigenvalue weighted by Crippen LogP contribution is 2.29. The molecule has 0 saturated carbocycles. The molecule has 0 aliphatic heterocycles. The maximum absolute atomic E-state index is 13.2. The summed E-state index contributed by atoms with van der Waals surface area (Å²) in [5.74, 6) is 1.11. The maximum atomic E-state index is 13.2. The van der Waals surface area contributed by atoms with Gasteiger partial charge in [-0.15, -0.1) is 0 Å². The number of ether oxygens (including phenoxy) is 2. The van der Waals surface area contributed by atoms with E-state index in [1.54, 1.807) is 14.2 Å². The molecule has 0 spiro atoms. The Hall–Kier alpha value is -3.86. The number of carbonyl (C=O) groups excluding carboxylic acids is 1. The number of benzene rings is 3. The molecule has 0 fully saturated rings. The van der Waals surface area contributed by atoms with Gasteiger partial charge in [0.1, 0.15) is 11.5 Å². The van der Waals surface area contributed by atoms with Crippen LogP contribution in [-0.4, -0.2) is 25.1 Å². The Morgan fingerprint density at radius 1 is 0.862 bits per heavy atom. The van der Waals surface area contributed by atoms with Crippen LogP contribution in [0, 0.1) is 0 Å². The minimum absolute atomic E-state index is 0.225. The number of hydrogen-bond acceptors (Lipinski definition) is 4. The lowest BCUT2D eigenvalue weighted by Crippen LogP contribution is -2.13. The Balaban J connectivity index is 1.81. The predicted octanol–water partition coefficient (Wildman–Crippen LogP) is 5.17. The van der Waals surface area contributed by atoms with Crippen LogP contribution in [-0.2, 0) is 0 Å². The van der Waals surface area contributed by atoms with Crippen molar-refractivity contribution in [3.05, 3.63) is 84.4 Å². The molecule has 4 aromatic rings. The van der Waals surface area contributed by atoms with E-state index in [-0.39, 0.29) is 5.91 Å². The van der Waals surface area contributed by atoms with Crippen molar-refractivity contribution in [1.82, 2.24) is 4.98 Å². The van der Waals surface area contributed by atoms with Crippen LogP contribution in [0.3, 0.4) is 0 Å². The zero-order valence-electron chi connectivity index (χ0n) is 16.2. The van der Waals surface area contributed by atoms with Crippen molar-refractivity contribution in [2.45, 2.75) is 0 Å². The lowest BCUT2D eigenvalue weighted by molar-refractivity contribution is 0.102. The van der Waals surface area contributed by atoms with Crippen LogP contribution in [0.5, 0.6) is 11.5 Å². The standard InChI is InChI=1S/C24H20N2O3/c1-28-17-9-7-8-16(14-17)22-15-19(18-10-3-4-11-20(18)25-22)24(27)26-21-12-5-6-13-23(21)29-2/h3-15H,1-2H3,(H,26,27). The molecule has 0 aliphatic rings. The fourth-order valence-electron chi connectivity index (χ4n) is 3.23. The molecule has 0 atom stereocenters. The summed E-state index contributed by atoms with van der Waals surface area (Å²) in [6.07, 6.45) is 0. The Kier molecular flexibility index (Phi) is 5.12. The van der Waals surface area contributed by atoms with Crippen LogP contribution in [0.15, 0.2) is 78.9 Å². The van der Waals surface area contributed by atoms with Gasteiger partial charge in [0.2, 0.25) is 0 Å². The van der Waals surface area contributed by atoms with Crippen molar-refractivity contribution < 1.29 is 14.3 Å². The quantitative estimate of drug-likeness (QED) is 0.516. The SMILES string of the molecule is COc1cccc(-c2cc(C(=O)Nc3ccccc3OC)c3ccccc3n2)c1. The molecular weight excluding hydrogens is 364 g/mol. The second-order valence-corrected chi connectivity index (χ2v) is 6.46. The molecule has 5 nitrogen and oxygen atoms in total. The monoisotopic (exact) mass is 384 g/mol. The highest BCUT2D eigenvalue weighted by molar-refractivity contribution is 6.13. The molecule has 29 heavy (non-hydrogen) atoms. The van der Waals surface area contributed by atoms with Crippen LogP contribution in [0.2, 0.25) is 0 Å². The first-order valence-corrected chi connectivity index (χ1v) is 9.18. The van der Waals surface area contributed by atoms with Crippen molar-refractivity contribution >= 4 is 22.5 Å². The van der Waals surface area contributed by atoms with E-state index in [2.05, 4.69) is 5.32 Å². The van der Waals surface area contributed by atoms with Gasteiger partial charge >= 0.3 is 0 Å². The number of para-hydroxylation sites is 3. The topological polar surface area (TPSA) is 60.5 Å². The first kappa shape index (κ1) is 18.5. The Bertz CT molecular complexity index is 1190. The second kappa shape index (κ2) is 8.02. The van der Waals surface area contributed by atoms with E-state index in [1.165, 1.54) is 0 Å². The zero-order chi connectivity index (χ0) is 20.2. The van der Waals surface area contributed by atoms with Gasteiger partial charge in [-0.25, -0.2) is 4.98 Å². The van der Waals surface area contributed by atoms with Crippen LogP contribution in [0.25, 0.3) is 22.2 Å². The second-order valence-electron chi connectivity index (χ2n) is 6.46. The van der Waals surface area contributed by atoms with Gasteiger partial charge in [0.05, 0.1) is 36.7 Å². The summed E-state index contributed by atoms with van der Waals surface area (Å²) < 4.78 is 10.7. The van der Waals surface area contributed by atoms with Gasteiger partial charge in [-0.2, -0.15) is 0 Å². The Morgan fingerprint density at radius 2 is 1.66 bits per heavy atom. The largest absolute Gasteiger partial charge is 0.497 e. The van der Waals surface area contributed by atoms with E-state index >= 15 is 0 Å². The summed E-state index contributed by atoms with van der Waals surface area (Å²) >= 11 is 0. The lowest BCUT2D eigenvalue weighted by atomic mass is 10.0. The van der Waals surface area contributed by atoms with E-state index in [0.29, 0.717) is 22.7 Å². The Labute approximate surface area is 168 Å². The number of aromatic nitrogens is 1. The minimum atomic E-state index is -0.225. The molecular formula is C24H20N2O3. The third-order valence-corrected chi connectivity index (χ3v) is 4.68. The zero-order valence-corrected chi connectivity index (χ0v) is 16.2. The third kappa shape index (κ3) is 3.75. The molecule has 3 aromatic carbocycles. The average molecular weight is 384 g/mol. The molecule has 5 heteroatoms. The van der Waals surface area contributed by atoms with Crippen LogP contribution >= 0.6 is 0 Å². The number of carbonyl (C=O) groups is 1. The van der Waals surface area contributed by atoms with Gasteiger partial charge in [-0.1, -0.05) is 42.5 Å². The third-order valence-electron chi connectivity index (χ3n) is 4.68. The fourth-order valence-corrected chi connectivity index (χ4v) is 3.23. The first-order chi connectivity index (χ1) is 14.2. The fraction of sp³-hybridized carbons (Fsp3) is 0.0833. The van der Waals surface area contributed by atoms with E-state index in [4.69, 9.17) is 14.5 Å². The predicted molar refractivity (Wildman–Crippen MR) is 115 cm³/mol. The first-order valence-electron chi connectivity index (χ1n) is 9.18. The van der Waals surface area contributed by atoms with Gasteiger partial charge in [0, 0.05) is 10.9 Å². The summed E-state index contributed by atoms with van der Waals surface area (Å²) in [6.45, 7) is 0. The molecule has 0 saturated heterocycles. The van der Waals surface area contributed by atoms with Gasteiger partial charge in [-0.3, -0.25) is 4.79 Å². The van der Waals surface area contributed by atoms with Crippen LogP contribution in [0.4, 0.5) is 5.69 Å². The molecule has 1 amide bonds. The highest BCUT2D eigenvalue weighted by atomic mass is 16.5. The van der Waals surface area contributed by atoms with Gasteiger partial charge in [0.25, 0.3) is 5.91 Å². The number of amides is 1. The van der Waals surface area contributed by atoms with E-state index in [9.17, 15) is 4.79 Å². The van der Waals surface area contributed by atoms with Gasteiger partial charge < -0.3 is 14.8 Å². The number of hydrogen-bond donors (Lipinski definition) is 1. The summed E-state index contributed by atoms with van der Waals surface area (Å²) in [7, 11) is 3.20. The molecule has 1 heterocycles. The number of fused-ring (bicyclic) bond motifs is 1. The van der Waals surface area contributed by atoms with Crippen LogP contribution in [0.1, 0.15) is 10.4 Å². The van der Waals surface area contributed by atoms with Crippen molar-refractivity contribution in [2.75, 3.05) is 19.5 Å². The number of nitrogens with one attached hydrogen (secondary N) is 1. The van der Waals surface area contributed by atoms with Gasteiger partial charge in [0.15, 0.2) is 0 Å². The van der Waals surface area contributed by atoms with Gasteiger partial charge in [-0.05, 0) is 36.4 Å². The summed E-state index contributed by atoms with van der Waals surface area (Å²) in [6, 6.07) is 24.4. The summed E-state index contributed by atoms with van der Waals surface area (Å²) in [4.78, 5) is 17.9. The molecule has 0 bridgehead atoms. The highest BCUT2D eigenvalue weighted by Gasteiger charge is 2.16. The summed E-state index contributed by atoms with van der Waals surface area (Å²) in [5, 5.41) is 3.74. The molecule has 1 aromatic heterocycles. The summed E-state index contributed by atoms with van der Waals surface area (Å²) in [5.41, 5.74) is 3.48. The van der Waals surface area contributed by atoms with Crippen molar-refractivity contribution in [1.29, 1.82) is 0 Å². The molecule has 4 rings (SSSR count).